The zero-order chi connectivity index (χ0) is 21.8. The first-order valence-electron chi connectivity index (χ1n) is 9.36. The Morgan fingerprint density at radius 2 is 1.84 bits per heavy atom. The van der Waals surface area contributed by atoms with E-state index in [0.29, 0.717) is 29.0 Å². The molecular formula is C24H17ClINO4. The van der Waals surface area contributed by atoms with Gasteiger partial charge in [0.25, 0.3) is 0 Å². The van der Waals surface area contributed by atoms with Gasteiger partial charge >= 0.3 is 5.97 Å². The number of carbonyl (C=O) groups is 1. The minimum absolute atomic E-state index is 0.223. The monoisotopic (exact) mass is 545 g/mol. The highest BCUT2D eigenvalue weighted by atomic mass is 127. The number of nitrogens with zero attached hydrogens (tertiary/aromatic N) is 1. The summed E-state index contributed by atoms with van der Waals surface area (Å²) in [7, 11) is 1.56. The van der Waals surface area contributed by atoms with Crippen molar-refractivity contribution in [2.45, 2.75) is 6.61 Å². The normalized spacial score (nSPS) is 14.4. The molecule has 0 spiro atoms. The molecule has 1 heterocycles. The third-order valence-corrected chi connectivity index (χ3v) is 5.63. The van der Waals surface area contributed by atoms with Gasteiger partial charge in [-0.2, -0.15) is 0 Å². The molecule has 1 aliphatic heterocycles. The van der Waals surface area contributed by atoms with Gasteiger partial charge in [-0.1, -0.05) is 35.9 Å². The smallest absolute Gasteiger partial charge is 0.363 e. The zero-order valence-corrected chi connectivity index (χ0v) is 19.4. The lowest BCUT2D eigenvalue weighted by atomic mass is 10.1. The second kappa shape index (κ2) is 9.53. The van der Waals surface area contributed by atoms with Crippen LogP contribution in [-0.4, -0.2) is 19.0 Å². The molecule has 0 aliphatic carbocycles. The van der Waals surface area contributed by atoms with Gasteiger partial charge in [0.15, 0.2) is 17.2 Å². The van der Waals surface area contributed by atoms with Crippen LogP contribution in [0.25, 0.3) is 6.08 Å². The number of cyclic esters (lactones) is 1. The lowest BCUT2D eigenvalue weighted by Crippen LogP contribution is -2.05. The average Bonchev–Trinajstić information content (AvgIpc) is 3.14. The number of methoxy groups -OCH3 is 1. The second-order valence-corrected chi connectivity index (χ2v) is 8.29. The summed E-state index contributed by atoms with van der Waals surface area (Å²) in [6, 6.07) is 20.5. The molecule has 3 aromatic rings. The van der Waals surface area contributed by atoms with Crippen molar-refractivity contribution in [1.82, 2.24) is 0 Å². The van der Waals surface area contributed by atoms with E-state index in [1.807, 2.05) is 54.6 Å². The first-order chi connectivity index (χ1) is 15.0. The summed E-state index contributed by atoms with van der Waals surface area (Å²) in [4.78, 5) is 16.6. The molecule has 0 bridgehead atoms. The molecule has 0 amide bonds. The number of carbonyl (C=O) groups excluding carboxylic acids is 1. The lowest BCUT2D eigenvalue weighted by molar-refractivity contribution is -0.129. The summed E-state index contributed by atoms with van der Waals surface area (Å²) in [5, 5.41) is 0.643. The summed E-state index contributed by atoms with van der Waals surface area (Å²) >= 11 is 8.40. The lowest BCUT2D eigenvalue weighted by Gasteiger charge is -2.12. The number of halogens is 2. The summed E-state index contributed by atoms with van der Waals surface area (Å²) < 4.78 is 17.7. The summed E-state index contributed by atoms with van der Waals surface area (Å²) in [5.41, 5.74) is 2.59. The van der Waals surface area contributed by atoms with E-state index in [9.17, 15) is 4.79 Å². The van der Waals surface area contributed by atoms with E-state index < -0.39 is 5.97 Å². The van der Waals surface area contributed by atoms with Gasteiger partial charge in [-0.05, 0) is 76.7 Å². The van der Waals surface area contributed by atoms with Crippen LogP contribution >= 0.6 is 34.2 Å². The zero-order valence-electron chi connectivity index (χ0n) is 16.5. The first kappa shape index (κ1) is 21.4. The molecule has 31 heavy (non-hydrogen) atoms. The van der Waals surface area contributed by atoms with Crippen LogP contribution in [0.2, 0.25) is 5.02 Å². The Bertz CT molecular complexity index is 1190. The van der Waals surface area contributed by atoms with E-state index in [2.05, 4.69) is 27.6 Å². The van der Waals surface area contributed by atoms with Gasteiger partial charge in [0.2, 0.25) is 5.90 Å². The van der Waals surface area contributed by atoms with Crippen LogP contribution in [0.3, 0.4) is 0 Å². The molecule has 0 unspecified atom stereocenters. The maximum Gasteiger partial charge on any atom is 0.363 e. The van der Waals surface area contributed by atoms with Crippen LogP contribution < -0.4 is 9.47 Å². The number of ether oxygens (including phenoxy) is 3. The molecular weight excluding hydrogens is 529 g/mol. The number of rotatable bonds is 6. The third-order valence-electron chi connectivity index (χ3n) is 4.54. The van der Waals surface area contributed by atoms with E-state index >= 15 is 0 Å². The van der Waals surface area contributed by atoms with Gasteiger partial charge in [-0.3, -0.25) is 0 Å². The van der Waals surface area contributed by atoms with Crippen LogP contribution in [0, 0.1) is 3.57 Å². The highest BCUT2D eigenvalue weighted by molar-refractivity contribution is 14.1. The SMILES string of the molecule is COc1cc(/C=C2\N=C(c3ccc(I)cc3)OC2=O)ccc1OCc1ccccc1Cl. The highest BCUT2D eigenvalue weighted by Crippen LogP contribution is 2.31. The second-order valence-electron chi connectivity index (χ2n) is 6.63. The number of aliphatic imine (C=N–C) groups is 1. The summed E-state index contributed by atoms with van der Waals surface area (Å²) in [6.45, 7) is 0.312. The van der Waals surface area contributed by atoms with Gasteiger partial charge in [-0.25, -0.2) is 9.79 Å². The Hall–Kier alpha value is -2.84. The Labute approximate surface area is 198 Å². The van der Waals surface area contributed by atoms with Crippen LogP contribution in [0.4, 0.5) is 0 Å². The molecule has 3 aromatic carbocycles. The fourth-order valence-electron chi connectivity index (χ4n) is 2.95. The van der Waals surface area contributed by atoms with Crippen molar-refractivity contribution in [1.29, 1.82) is 0 Å². The number of hydrogen-bond acceptors (Lipinski definition) is 5. The molecule has 0 aromatic heterocycles. The fraction of sp³-hybridized carbons (Fsp3) is 0.0833. The van der Waals surface area contributed by atoms with Gasteiger partial charge in [0, 0.05) is 19.7 Å². The molecule has 0 saturated carbocycles. The molecule has 1 aliphatic rings. The van der Waals surface area contributed by atoms with Crippen molar-refractivity contribution in [3.63, 3.8) is 0 Å². The fourth-order valence-corrected chi connectivity index (χ4v) is 3.50. The predicted octanol–water partition coefficient (Wildman–Crippen LogP) is 5.88. The molecule has 4 rings (SSSR count). The Morgan fingerprint density at radius 3 is 2.58 bits per heavy atom. The molecule has 5 nitrogen and oxygen atoms in total. The molecule has 0 radical (unpaired) electrons. The van der Waals surface area contributed by atoms with Gasteiger partial charge in [0.05, 0.1) is 7.11 Å². The standard InChI is InChI=1S/C24H17ClINO4/c1-29-22-13-15(6-11-21(22)30-14-17-4-2-3-5-19(17)25)12-20-24(28)31-23(27-20)16-7-9-18(26)10-8-16/h2-13H,14H2,1H3/b20-12-. The van der Waals surface area contributed by atoms with Crippen LogP contribution in [-0.2, 0) is 16.1 Å². The van der Waals surface area contributed by atoms with E-state index in [-0.39, 0.29) is 5.70 Å². The largest absolute Gasteiger partial charge is 0.493 e. The minimum Gasteiger partial charge on any atom is -0.493 e. The van der Waals surface area contributed by atoms with Gasteiger partial charge in [0.1, 0.15) is 6.61 Å². The molecule has 156 valence electrons. The molecule has 0 fully saturated rings. The quantitative estimate of drug-likeness (QED) is 0.221. The molecule has 0 N–H and O–H groups in total. The van der Waals surface area contributed by atoms with E-state index in [4.69, 9.17) is 25.8 Å². The Morgan fingerprint density at radius 1 is 1.06 bits per heavy atom. The first-order valence-corrected chi connectivity index (χ1v) is 10.8. The molecule has 7 heteroatoms. The topological polar surface area (TPSA) is 57.1 Å². The average molecular weight is 546 g/mol. The summed E-state index contributed by atoms with van der Waals surface area (Å²) in [6.07, 6.45) is 1.66. The maximum atomic E-state index is 12.3. The predicted molar refractivity (Wildman–Crippen MR) is 129 cm³/mol. The van der Waals surface area contributed by atoms with Gasteiger partial charge in [-0.15, -0.1) is 0 Å². The van der Waals surface area contributed by atoms with Crippen molar-refractivity contribution in [3.8, 4) is 11.5 Å². The number of hydrogen-bond donors (Lipinski definition) is 0. The van der Waals surface area contributed by atoms with Crippen molar-refractivity contribution >= 4 is 52.1 Å². The van der Waals surface area contributed by atoms with Crippen molar-refractivity contribution in [3.05, 3.63) is 97.7 Å². The van der Waals surface area contributed by atoms with Crippen molar-refractivity contribution in [2.24, 2.45) is 4.99 Å². The van der Waals surface area contributed by atoms with Crippen LogP contribution in [0.1, 0.15) is 16.7 Å². The van der Waals surface area contributed by atoms with Crippen molar-refractivity contribution in [2.75, 3.05) is 7.11 Å². The van der Waals surface area contributed by atoms with E-state index in [0.717, 1.165) is 20.3 Å². The highest BCUT2D eigenvalue weighted by Gasteiger charge is 2.24. The van der Waals surface area contributed by atoms with Crippen LogP contribution in [0.5, 0.6) is 11.5 Å². The minimum atomic E-state index is -0.494. The third kappa shape index (κ3) is 5.08. The van der Waals surface area contributed by atoms with Crippen molar-refractivity contribution < 1.29 is 19.0 Å². The molecule has 0 saturated heterocycles. The van der Waals surface area contributed by atoms with E-state index in [1.54, 1.807) is 25.3 Å². The summed E-state index contributed by atoms with van der Waals surface area (Å²) in [5.74, 6) is 0.905. The molecule has 0 atom stereocenters. The van der Waals surface area contributed by atoms with Crippen LogP contribution in [0.15, 0.2) is 77.4 Å². The maximum absolute atomic E-state index is 12.3. The number of benzene rings is 3. The Balaban J connectivity index is 1.54. The Kier molecular flexibility index (Phi) is 6.58. The van der Waals surface area contributed by atoms with Gasteiger partial charge < -0.3 is 14.2 Å². The number of esters is 1. The van der Waals surface area contributed by atoms with E-state index in [1.165, 1.54) is 0 Å².